The molecule has 0 bridgehead atoms. The molecular weight excluding hydrogens is 268 g/mol. The van der Waals surface area contributed by atoms with E-state index in [4.69, 9.17) is 4.74 Å². The van der Waals surface area contributed by atoms with Crippen molar-refractivity contribution >= 4 is 10.0 Å². The first-order chi connectivity index (χ1) is 8.29. The summed E-state index contributed by atoms with van der Waals surface area (Å²) >= 11 is 0. The predicted octanol–water partition coefficient (Wildman–Crippen LogP) is -0.171. The second kappa shape index (κ2) is 3.28. The first-order valence-corrected chi connectivity index (χ1v) is 6.73. The van der Waals surface area contributed by atoms with Gasteiger partial charge in [0.15, 0.2) is 10.6 Å². The Morgan fingerprint density at radius 1 is 1.44 bits per heavy atom. The van der Waals surface area contributed by atoms with E-state index in [9.17, 15) is 17.2 Å². The molecule has 0 aromatic carbocycles. The number of rotatable bonds is 2. The number of hydrogen-bond acceptors (Lipinski definition) is 4. The topological polar surface area (TPSA) is 64.4 Å². The van der Waals surface area contributed by atoms with E-state index in [1.54, 1.807) is 0 Å². The highest BCUT2D eigenvalue weighted by Gasteiger charge is 2.71. The van der Waals surface area contributed by atoms with E-state index in [1.165, 1.54) is 24.0 Å². The zero-order valence-corrected chi connectivity index (χ0v) is 10.3. The molecule has 1 aromatic heterocycles. The quantitative estimate of drug-likeness (QED) is 0.754. The first-order valence-electron chi connectivity index (χ1n) is 5.28. The Labute approximate surface area is 102 Å². The number of sulfonamides is 1. The zero-order chi connectivity index (χ0) is 13.2. The van der Waals surface area contributed by atoms with Gasteiger partial charge in [-0.3, -0.25) is 4.68 Å². The molecule has 2 aliphatic heterocycles. The van der Waals surface area contributed by atoms with E-state index in [2.05, 4.69) is 5.10 Å². The zero-order valence-electron chi connectivity index (χ0n) is 9.51. The van der Waals surface area contributed by atoms with Crippen LogP contribution >= 0.6 is 0 Å². The van der Waals surface area contributed by atoms with Crippen LogP contribution in [0.15, 0.2) is 17.3 Å². The highest BCUT2D eigenvalue weighted by atomic mass is 32.2. The largest absolute Gasteiger partial charge is 0.359 e. The molecule has 1 aromatic rings. The predicted molar refractivity (Wildman–Crippen MR) is 55.6 cm³/mol. The van der Waals surface area contributed by atoms with Crippen LogP contribution < -0.4 is 0 Å². The third-order valence-corrected chi connectivity index (χ3v) is 5.31. The minimum Gasteiger partial charge on any atom is -0.359 e. The summed E-state index contributed by atoms with van der Waals surface area (Å²) in [4.78, 5) is 0. The molecule has 1 spiro atoms. The van der Waals surface area contributed by atoms with Gasteiger partial charge in [-0.2, -0.15) is 9.40 Å². The Bertz CT molecular complexity index is 592. The summed E-state index contributed by atoms with van der Waals surface area (Å²) in [5.74, 6) is -2.94. The van der Waals surface area contributed by atoms with Crippen LogP contribution in [0.4, 0.5) is 8.78 Å². The maximum absolute atomic E-state index is 13.3. The van der Waals surface area contributed by atoms with E-state index in [0.717, 1.165) is 4.31 Å². The third-order valence-electron chi connectivity index (χ3n) is 3.44. The van der Waals surface area contributed by atoms with Crippen LogP contribution in [0.3, 0.4) is 0 Å². The normalized spacial score (nSPS) is 25.7. The number of alkyl halides is 2. The maximum Gasteiger partial charge on any atom is 0.301 e. The second-order valence-electron chi connectivity index (χ2n) is 4.55. The molecule has 3 rings (SSSR count). The number of nitrogens with zero attached hydrogens (tertiary/aromatic N) is 3. The van der Waals surface area contributed by atoms with E-state index in [0.29, 0.717) is 0 Å². The molecule has 0 amide bonds. The summed E-state index contributed by atoms with van der Waals surface area (Å²) in [6, 6.07) is 1.33. The molecule has 0 saturated carbocycles. The van der Waals surface area contributed by atoms with Crippen molar-refractivity contribution in [2.75, 3.05) is 19.7 Å². The minimum absolute atomic E-state index is 0.0139. The van der Waals surface area contributed by atoms with E-state index >= 15 is 0 Å². The summed E-state index contributed by atoms with van der Waals surface area (Å²) in [7, 11) is -2.28. The van der Waals surface area contributed by atoms with Gasteiger partial charge < -0.3 is 4.74 Å². The molecule has 2 aliphatic rings. The van der Waals surface area contributed by atoms with Gasteiger partial charge in [0.05, 0.1) is 19.3 Å². The molecule has 3 heterocycles. The summed E-state index contributed by atoms with van der Waals surface area (Å²) in [6.07, 6.45) is 1.34. The highest BCUT2D eigenvalue weighted by molar-refractivity contribution is 7.89. The summed E-state index contributed by atoms with van der Waals surface area (Å²) in [5, 5.41) is 3.74. The molecule has 0 N–H and O–H groups in total. The van der Waals surface area contributed by atoms with Crippen LogP contribution in [-0.2, 0) is 21.8 Å². The lowest BCUT2D eigenvalue weighted by Crippen LogP contribution is -2.79. The summed E-state index contributed by atoms with van der Waals surface area (Å²) < 4.78 is 57.8. The summed E-state index contributed by atoms with van der Waals surface area (Å²) in [5.41, 5.74) is -1.61. The van der Waals surface area contributed by atoms with Crippen molar-refractivity contribution in [3.8, 4) is 0 Å². The number of halogens is 2. The molecule has 0 unspecified atom stereocenters. The minimum atomic E-state index is -3.77. The fourth-order valence-electron chi connectivity index (χ4n) is 2.15. The van der Waals surface area contributed by atoms with Gasteiger partial charge in [-0.1, -0.05) is 0 Å². The number of hydrogen-bond donors (Lipinski definition) is 0. The first kappa shape index (κ1) is 12.0. The van der Waals surface area contributed by atoms with Gasteiger partial charge in [-0.15, -0.1) is 0 Å². The van der Waals surface area contributed by atoms with E-state index < -0.39 is 28.2 Å². The average molecular weight is 279 g/mol. The molecule has 2 saturated heterocycles. The van der Waals surface area contributed by atoms with Gasteiger partial charge in [-0.25, -0.2) is 17.2 Å². The van der Waals surface area contributed by atoms with Crippen LogP contribution in [0.25, 0.3) is 0 Å². The number of aryl methyl sites for hydroxylation is 1. The van der Waals surface area contributed by atoms with Gasteiger partial charge in [0, 0.05) is 7.05 Å². The van der Waals surface area contributed by atoms with Gasteiger partial charge in [0.25, 0.3) is 10.0 Å². The number of ether oxygens (including phenoxy) is 1. The Balaban J connectivity index is 1.82. The molecule has 100 valence electrons. The van der Waals surface area contributed by atoms with E-state index in [-0.39, 0.29) is 18.1 Å². The van der Waals surface area contributed by atoms with E-state index in [1.807, 2.05) is 0 Å². The molecule has 0 aliphatic carbocycles. The van der Waals surface area contributed by atoms with Crippen molar-refractivity contribution in [3.63, 3.8) is 0 Å². The molecule has 2 fully saturated rings. The fraction of sp³-hybridized carbons (Fsp3) is 0.667. The Morgan fingerprint density at radius 2 is 2.11 bits per heavy atom. The maximum atomic E-state index is 13.3. The van der Waals surface area contributed by atoms with Crippen molar-refractivity contribution < 1.29 is 21.9 Å². The smallest absolute Gasteiger partial charge is 0.301 e. The van der Waals surface area contributed by atoms with Gasteiger partial charge >= 0.3 is 5.92 Å². The molecule has 9 heteroatoms. The SMILES string of the molecule is Cn1nccc1S(=O)(=O)N1CC2(C1)OCC2(F)F. The van der Waals surface area contributed by atoms with Crippen LogP contribution in [-0.4, -0.2) is 53.7 Å². The molecule has 0 radical (unpaired) electrons. The summed E-state index contributed by atoms with van der Waals surface area (Å²) in [6.45, 7) is -1.26. The van der Waals surface area contributed by atoms with Crippen molar-refractivity contribution in [1.29, 1.82) is 0 Å². The lowest BCUT2D eigenvalue weighted by Gasteiger charge is -2.57. The van der Waals surface area contributed by atoms with Gasteiger partial charge in [0.1, 0.15) is 6.61 Å². The lowest BCUT2D eigenvalue weighted by molar-refractivity contribution is -0.357. The molecule has 18 heavy (non-hydrogen) atoms. The number of aromatic nitrogens is 2. The van der Waals surface area contributed by atoms with Crippen molar-refractivity contribution in [2.24, 2.45) is 7.05 Å². The third kappa shape index (κ3) is 1.32. The van der Waals surface area contributed by atoms with Crippen molar-refractivity contribution in [2.45, 2.75) is 16.5 Å². The molecule has 6 nitrogen and oxygen atoms in total. The molecular formula is C9H11F2N3O3S. The monoisotopic (exact) mass is 279 g/mol. The van der Waals surface area contributed by atoms with Gasteiger partial charge in [-0.05, 0) is 6.07 Å². The molecule has 0 atom stereocenters. The van der Waals surface area contributed by atoms with Crippen LogP contribution in [0.2, 0.25) is 0 Å². The fourth-order valence-corrected chi connectivity index (χ4v) is 3.78. The van der Waals surface area contributed by atoms with Gasteiger partial charge in [0.2, 0.25) is 0 Å². The highest BCUT2D eigenvalue weighted by Crippen LogP contribution is 2.49. The van der Waals surface area contributed by atoms with Crippen LogP contribution in [0.5, 0.6) is 0 Å². The Kier molecular flexibility index (Phi) is 2.19. The van der Waals surface area contributed by atoms with Crippen LogP contribution in [0, 0.1) is 0 Å². The van der Waals surface area contributed by atoms with Crippen LogP contribution in [0.1, 0.15) is 0 Å². The Morgan fingerprint density at radius 3 is 2.50 bits per heavy atom. The second-order valence-corrected chi connectivity index (χ2v) is 6.44. The standard InChI is InChI=1S/C9H11F2N3O3S/c1-13-7(2-3-12-13)18(15,16)14-4-8(5-14)9(10,11)6-17-8/h2-3H,4-6H2,1H3. The van der Waals surface area contributed by atoms with Crippen molar-refractivity contribution in [3.05, 3.63) is 12.3 Å². The average Bonchev–Trinajstić information content (AvgIpc) is 2.61. The Hall–Kier alpha value is -1.06. The van der Waals surface area contributed by atoms with Crippen molar-refractivity contribution in [1.82, 2.24) is 14.1 Å². The lowest BCUT2D eigenvalue weighted by atomic mass is 9.84.